The van der Waals surface area contributed by atoms with E-state index in [1.807, 2.05) is 19.9 Å². The Hall–Kier alpha value is -1.09. The molecule has 0 bridgehead atoms. The molecule has 19 heavy (non-hydrogen) atoms. The van der Waals surface area contributed by atoms with E-state index in [0.717, 1.165) is 24.6 Å². The molecule has 1 saturated carbocycles. The lowest BCUT2D eigenvalue weighted by atomic mass is 10.1. The van der Waals surface area contributed by atoms with Crippen molar-refractivity contribution >= 4 is 17.5 Å². The fraction of sp³-hybridized carbons (Fsp3) is 0.600. The Morgan fingerprint density at radius 3 is 2.84 bits per heavy atom. The van der Waals surface area contributed by atoms with Crippen LogP contribution in [0.15, 0.2) is 12.1 Å². The maximum atomic E-state index is 12.0. The quantitative estimate of drug-likeness (QED) is 0.636. The Morgan fingerprint density at radius 2 is 2.21 bits per heavy atom. The van der Waals surface area contributed by atoms with E-state index in [2.05, 4.69) is 10.3 Å². The number of pyridine rings is 1. The maximum Gasteiger partial charge on any atom is 0.251 e. The van der Waals surface area contributed by atoms with Crippen molar-refractivity contribution in [1.29, 1.82) is 0 Å². The molecule has 2 rings (SSSR count). The molecule has 0 spiro atoms. The molecule has 0 saturated heterocycles. The second kappa shape index (κ2) is 6.38. The van der Waals surface area contributed by atoms with Crippen LogP contribution in [-0.4, -0.2) is 17.4 Å². The minimum atomic E-state index is -0.0537. The lowest BCUT2D eigenvalue weighted by Crippen LogP contribution is -2.24. The molecule has 0 radical (unpaired) electrons. The first-order valence-electron chi connectivity index (χ1n) is 7.02. The van der Waals surface area contributed by atoms with Crippen molar-refractivity contribution in [3.63, 3.8) is 0 Å². The van der Waals surface area contributed by atoms with Gasteiger partial charge in [0.25, 0.3) is 5.91 Å². The zero-order chi connectivity index (χ0) is 13.8. The number of halogens is 1. The Bertz CT molecular complexity index is 455. The second-order valence-electron chi connectivity index (χ2n) is 5.60. The van der Waals surface area contributed by atoms with Crippen molar-refractivity contribution in [1.82, 2.24) is 10.3 Å². The Labute approximate surface area is 119 Å². The summed E-state index contributed by atoms with van der Waals surface area (Å²) in [6.07, 6.45) is 5.03. The summed E-state index contributed by atoms with van der Waals surface area (Å²) in [6.45, 7) is 4.82. The number of nitrogens with zero attached hydrogens (tertiary/aromatic N) is 1. The molecular weight excluding hydrogens is 260 g/mol. The van der Waals surface area contributed by atoms with Gasteiger partial charge >= 0.3 is 0 Å². The van der Waals surface area contributed by atoms with Gasteiger partial charge in [0, 0.05) is 17.8 Å². The molecule has 1 aliphatic rings. The Morgan fingerprint density at radius 1 is 1.47 bits per heavy atom. The predicted octanol–water partition coefficient (Wildman–Crippen LogP) is 3.78. The number of hydrogen-bond acceptors (Lipinski definition) is 2. The molecule has 1 amide bonds. The van der Waals surface area contributed by atoms with E-state index < -0.39 is 0 Å². The van der Waals surface area contributed by atoms with Gasteiger partial charge in [-0.25, -0.2) is 4.98 Å². The van der Waals surface area contributed by atoms with Gasteiger partial charge in [0.15, 0.2) is 0 Å². The van der Waals surface area contributed by atoms with Gasteiger partial charge < -0.3 is 5.32 Å². The summed E-state index contributed by atoms with van der Waals surface area (Å²) >= 11 is 5.96. The summed E-state index contributed by atoms with van der Waals surface area (Å²) in [5, 5.41) is 3.33. The summed E-state index contributed by atoms with van der Waals surface area (Å²) in [5.41, 5.74) is 1.46. The molecule has 1 heterocycles. The Balaban J connectivity index is 1.89. The highest BCUT2D eigenvalue weighted by Crippen LogP contribution is 2.33. The molecule has 0 aliphatic heterocycles. The average Bonchev–Trinajstić information content (AvgIpc) is 3.17. The molecule has 0 atom stereocenters. The van der Waals surface area contributed by atoms with E-state index in [4.69, 9.17) is 11.6 Å². The number of rotatable bonds is 6. The van der Waals surface area contributed by atoms with E-state index in [9.17, 15) is 4.79 Å². The van der Waals surface area contributed by atoms with Crippen LogP contribution < -0.4 is 5.32 Å². The number of carbonyl (C=O) groups excluding carboxylic acids is 1. The summed E-state index contributed by atoms with van der Waals surface area (Å²) in [6, 6.07) is 3.45. The van der Waals surface area contributed by atoms with Crippen LogP contribution in [0.3, 0.4) is 0 Å². The van der Waals surface area contributed by atoms with E-state index in [0.29, 0.717) is 10.7 Å². The Kier molecular flexibility index (Phi) is 4.81. The van der Waals surface area contributed by atoms with Crippen LogP contribution in [-0.2, 0) is 0 Å². The monoisotopic (exact) mass is 280 g/mol. The van der Waals surface area contributed by atoms with Crippen LogP contribution in [0.5, 0.6) is 0 Å². The number of aromatic nitrogens is 1. The number of nitrogens with one attached hydrogen (secondary N) is 1. The van der Waals surface area contributed by atoms with Crippen molar-refractivity contribution in [2.45, 2.75) is 45.4 Å². The van der Waals surface area contributed by atoms with Gasteiger partial charge in [0.2, 0.25) is 0 Å². The molecule has 1 aromatic heterocycles. The molecule has 0 unspecified atom stereocenters. The summed E-state index contributed by atoms with van der Waals surface area (Å²) < 4.78 is 0. The van der Waals surface area contributed by atoms with E-state index in [1.165, 1.54) is 19.3 Å². The zero-order valence-electron chi connectivity index (χ0n) is 11.6. The highest BCUT2D eigenvalue weighted by molar-refractivity contribution is 6.29. The van der Waals surface area contributed by atoms with Crippen LogP contribution in [0, 0.1) is 5.92 Å². The lowest BCUT2D eigenvalue weighted by Gasteiger charge is -2.09. The second-order valence-corrected chi connectivity index (χ2v) is 5.99. The van der Waals surface area contributed by atoms with Gasteiger partial charge in [-0.2, -0.15) is 0 Å². The van der Waals surface area contributed by atoms with E-state index in [-0.39, 0.29) is 11.8 Å². The van der Waals surface area contributed by atoms with Crippen molar-refractivity contribution in [3.8, 4) is 0 Å². The molecule has 1 aliphatic carbocycles. The standard InChI is InChI=1S/C15H21ClN2O/c1-10(2)13-8-12(9-14(16)18-13)15(19)17-7-3-4-11-5-6-11/h8-11H,3-7H2,1-2H3,(H,17,19). The maximum absolute atomic E-state index is 12.0. The number of amides is 1. The normalized spacial score (nSPS) is 14.7. The predicted molar refractivity (Wildman–Crippen MR) is 77.6 cm³/mol. The van der Waals surface area contributed by atoms with Crippen molar-refractivity contribution in [2.75, 3.05) is 6.54 Å². The molecule has 104 valence electrons. The minimum Gasteiger partial charge on any atom is -0.352 e. The number of carbonyl (C=O) groups is 1. The zero-order valence-corrected chi connectivity index (χ0v) is 12.3. The minimum absolute atomic E-state index is 0.0537. The average molecular weight is 281 g/mol. The van der Waals surface area contributed by atoms with Crippen LogP contribution in [0.25, 0.3) is 0 Å². The van der Waals surface area contributed by atoms with Crippen molar-refractivity contribution in [2.24, 2.45) is 5.92 Å². The van der Waals surface area contributed by atoms with Gasteiger partial charge in [0.05, 0.1) is 0 Å². The van der Waals surface area contributed by atoms with Crippen LogP contribution in [0.1, 0.15) is 61.5 Å². The van der Waals surface area contributed by atoms with Crippen molar-refractivity contribution in [3.05, 3.63) is 28.5 Å². The topological polar surface area (TPSA) is 42.0 Å². The third-order valence-corrected chi connectivity index (χ3v) is 3.63. The van der Waals surface area contributed by atoms with Gasteiger partial charge in [-0.15, -0.1) is 0 Å². The largest absolute Gasteiger partial charge is 0.352 e. The molecular formula is C15H21ClN2O. The fourth-order valence-corrected chi connectivity index (χ4v) is 2.26. The van der Waals surface area contributed by atoms with Crippen LogP contribution in [0.4, 0.5) is 0 Å². The smallest absolute Gasteiger partial charge is 0.251 e. The molecule has 3 nitrogen and oxygen atoms in total. The SMILES string of the molecule is CC(C)c1cc(C(=O)NCCCC2CC2)cc(Cl)n1. The summed E-state index contributed by atoms with van der Waals surface area (Å²) in [7, 11) is 0. The van der Waals surface area contributed by atoms with Gasteiger partial charge in [-0.3, -0.25) is 4.79 Å². The third-order valence-electron chi connectivity index (χ3n) is 3.44. The molecule has 1 fully saturated rings. The van der Waals surface area contributed by atoms with Gasteiger partial charge in [0.1, 0.15) is 5.15 Å². The first-order valence-corrected chi connectivity index (χ1v) is 7.39. The highest BCUT2D eigenvalue weighted by atomic mass is 35.5. The van der Waals surface area contributed by atoms with Crippen molar-refractivity contribution < 1.29 is 4.79 Å². The third kappa shape index (κ3) is 4.50. The highest BCUT2D eigenvalue weighted by Gasteiger charge is 2.20. The first kappa shape index (κ1) is 14.3. The molecule has 4 heteroatoms. The van der Waals surface area contributed by atoms with Gasteiger partial charge in [-0.05, 0) is 36.8 Å². The lowest BCUT2D eigenvalue weighted by molar-refractivity contribution is 0.0952. The van der Waals surface area contributed by atoms with E-state index >= 15 is 0 Å². The van der Waals surface area contributed by atoms with Gasteiger partial charge in [-0.1, -0.05) is 38.3 Å². The summed E-state index contributed by atoms with van der Waals surface area (Å²) in [4.78, 5) is 16.3. The fourth-order valence-electron chi connectivity index (χ4n) is 2.05. The molecule has 0 aromatic carbocycles. The first-order chi connectivity index (χ1) is 9.06. The molecule has 1 aromatic rings. The summed E-state index contributed by atoms with van der Waals surface area (Å²) in [5.74, 6) is 1.13. The van der Waals surface area contributed by atoms with Crippen LogP contribution in [0.2, 0.25) is 5.15 Å². The van der Waals surface area contributed by atoms with Crippen LogP contribution >= 0.6 is 11.6 Å². The van der Waals surface area contributed by atoms with E-state index in [1.54, 1.807) is 6.07 Å². The molecule has 1 N–H and O–H groups in total. The number of hydrogen-bond donors (Lipinski definition) is 1.